The maximum absolute atomic E-state index is 13.0. The first-order valence-electron chi connectivity index (χ1n) is 8.83. The molecule has 158 valence electrons. The van der Waals surface area contributed by atoms with Gasteiger partial charge in [-0.05, 0) is 31.5 Å². The van der Waals surface area contributed by atoms with E-state index in [0.29, 0.717) is 24.6 Å². The second kappa shape index (κ2) is 10.4. The van der Waals surface area contributed by atoms with E-state index in [4.69, 9.17) is 4.74 Å². The fraction of sp³-hybridized carbons (Fsp3) is 0.421. The van der Waals surface area contributed by atoms with Gasteiger partial charge in [-0.25, -0.2) is 9.78 Å². The predicted octanol–water partition coefficient (Wildman–Crippen LogP) is 4.02. The number of ether oxygens (including phenoxy) is 2. The van der Waals surface area contributed by atoms with Gasteiger partial charge in [-0.2, -0.15) is 13.2 Å². The number of amides is 1. The summed E-state index contributed by atoms with van der Waals surface area (Å²) < 4.78 is 48.8. The molecular weight excluding hydrogens is 409 g/mol. The number of aromatic nitrogens is 1. The minimum atomic E-state index is -4.54. The summed E-state index contributed by atoms with van der Waals surface area (Å²) in [5, 5.41) is 1.98. The van der Waals surface area contributed by atoms with Crippen LogP contribution in [0.5, 0.6) is 0 Å². The molecule has 6 nitrogen and oxygen atoms in total. The van der Waals surface area contributed by atoms with E-state index < -0.39 is 23.6 Å². The molecule has 0 bridgehead atoms. The zero-order chi connectivity index (χ0) is 21.4. The number of nitrogens with zero attached hydrogens (tertiary/aromatic N) is 2. The number of esters is 1. The Kier molecular flexibility index (Phi) is 8.15. The fourth-order valence-electron chi connectivity index (χ4n) is 2.51. The summed E-state index contributed by atoms with van der Waals surface area (Å²) in [6.07, 6.45) is -4.03. The van der Waals surface area contributed by atoms with E-state index in [1.165, 1.54) is 40.9 Å². The number of hydrogen-bond acceptors (Lipinski definition) is 6. The number of benzene rings is 1. The van der Waals surface area contributed by atoms with Gasteiger partial charge in [-0.3, -0.25) is 4.79 Å². The monoisotopic (exact) mass is 430 g/mol. The van der Waals surface area contributed by atoms with Crippen molar-refractivity contribution in [3.63, 3.8) is 0 Å². The molecule has 0 fully saturated rings. The van der Waals surface area contributed by atoms with Gasteiger partial charge in [0.1, 0.15) is 5.01 Å². The molecule has 1 heterocycles. The van der Waals surface area contributed by atoms with Gasteiger partial charge in [-0.15, -0.1) is 11.3 Å². The highest BCUT2D eigenvalue weighted by atomic mass is 32.1. The Hall–Kier alpha value is -2.46. The number of alkyl halides is 3. The Labute approximate surface area is 170 Å². The molecule has 29 heavy (non-hydrogen) atoms. The lowest BCUT2D eigenvalue weighted by Crippen LogP contribution is -2.32. The van der Waals surface area contributed by atoms with E-state index in [1.54, 1.807) is 0 Å². The van der Waals surface area contributed by atoms with Crippen LogP contribution < -0.4 is 0 Å². The Balaban J connectivity index is 2.21. The zero-order valence-corrected chi connectivity index (χ0v) is 16.8. The molecule has 0 aliphatic carbocycles. The van der Waals surface area contributed by atoms with E-state index in [2.05, 4.69) is 9.72 Å². The predicted molar refractivity (Wildman–Crippen MR) is 101 cm³/mol. The van der Waals surface area contributed by atoms with Gasteiger partial charge in [-0.1, -0.05) is 6.07 Å². The van der Waals surface area contributed by atoms with Crippen molar-refractivity contribution in [2.45, 2.75) is 26.1 Å². The lowest BCUT2D eigenvalue weighted by Gasteiger charge is -2.22. The van der Waals surface area contributed by atoms with Crippen LogP contribution >= 0.6 is 11.3 Å². The summed E-state index contributed by atoms with van der Waals surface area (Å²) in [4.78, 5) is 30.0. The van der Waals surface area contributed by atoms with Crippen LogP contribution in [0.3, 0.4) is 0 Å². The Bertz CT molecular complexity index is 839. The molecule has 0 saturated heterocycles. The van der Waals surface area contributed by atoms with Crippen LogP contribution in [0.1, 0.15) is 44.8 Å². The van der Waals surface area contributed by atoms with Gasteiger partial charge in [0.2, 0.25) is 0 Å². The van der Waals surface area contributed by atoms with Crippen LogP contribution in [-0.2, 0) is 22.2 Å². The Morgan fingerprint density at radius 2 is 2.03 bits per heavy atom. The van der Waals surface area contributed by atoms with Crippen LogP contribution in [0.25, 0.3) is 0 Å². The highest BCUT2D eigenvalue weighted by Crippen LogP contribution is 2.30. The molecule has 0 saturated carbocycles. The van der Waals surface area contributed by atoms with Gasteiger partial charge in [0, 0.05) is 30.7 Å². The molecule has 0 atom stereocenters. The standard InChI is InChI=1S/C19H21F3N2O4S/c1-3-28-9-5-8-24(11-16-23-15(12-29-16)18(26)27-2)17(25)13-6-4-7-14(10-13)19(20,21)22/h4,6-7,10,12H,3,5,8-9,11H2,1-2H3. The number of carbonyl (C=O) groups excluding carboxylic acids is 2. The zero-order valence-electron chi connectivity index (χ0n) is 16.0. The molecule has 10 heteroatoms. The molecule has 0 aliphatic heterocycles. The number of carbonyl (C=O) groups is 2. The molecule has 1 aromatic carbocycles. The third kappa shape index (κ3) is 6.53. The van der Waals surface area contributed by atoms with Crippen molar-refractivity contribution in [3.8, 4) is 0 Å². The largest absolute Gasteiger partial charge is 0.464 e. The first-order valence-corrected chi connectivity index (χ1v) is 9.71. The highest BCUT2D eigenvalue weighted by Gasteiger charge is 2.31. The number of methoxy groups -OCH3 is 1. The van der Waals surface area contributed by atoms with E-state index >= 15 is 0 Å². The Morgan fingerprint density at radius 1 is 1.28 bits per heavy atom. The van der Waals surface area contributed by atoms with Crippen molar-refractivity contribution < 1.29 is 32.2 Å². The van der Waals surface area contributed by atoms with Crippen molar-refractivity contribution in [1.29, 1.82) is 0 Å². The van der Waals surface area contributed by atoms with Crippen LogP contribution in [0.15, 0.2) is 29.6 Å². The van der Waals surface area contributed by atoms with Crippen molar-refractivity contribution in [2.24, 2.45) is 0 Å². The van der Waals surface area contributed by atoms with E-state index in [0.717, 1.165) is 12.1 Å². The second-order valence-electron chi connectivity index (χ2n) is 5.97. The van der Waals surface area contributed by atoms with Crippen molar-refractivity contribution in [1.82, 2.24) is 9.88 Å². The van der Waals surface area contributed by atoms with Crippen LogP contribution in [0, 0.1) is 0 Å². The first kappa shape index (κ1) is 22.8. The highest BCUT2D eigenvalue weighted by molar-refractivity contribution is 7.09. The molecule has 0 aliphatic rings. The SMILES string of the molecule is CCOCCCN(Cc1nc(C(=O)OC)cs1)C(=O)c1cccc(C(F)(F)F)c1. The number of thiazole rings is 1. The summed E-state index contributed by atoms with van der Waals surface area (Å²) in [6, 6.07) is 4.29. The maximum Gasteiger partial charge on any atom is 0.416 e. The number of halogens is 3. The molecular formula is C19H21F3N2O4S. The van der Waals surface area contributed by atoms with E-state index in [-0.39, 0.29) is 24.3 Å². The molecule has 1 aromatic heterocycles. The van der Waals surface area contributed by atoms with Crippen LogP contribution in [0.4, 0.5) is 13.2 Å². The number of rotatable bonds is 9. The van der Waals surface area contributed by atoms with Gasteiger partial charge in [0.05, 0.1) is 19.2 Å². The van der Waals surface area contributed by atoms with Crippen molar-refractivity contribution in [2.75, 3.05) is 26.9 Å². The summed E-state index contributed by atoms with van der Waals surface area (Å²) in [7, 11) is 1.23. The average Bonchev–Trinajstić information content (AvgIpc) is 3.17. The summed E-state index contributed by atoms with van der Waals surface area (Å²) in [5.41, 5.74) is -0.839. The fourth-order valence-corrected chi connectivity index (χ4v) is 3.29. The van der Waals surface area contributed by atoms with E-state index in [9.17, 15) is 22.8 Å². The smallest absolute Gasteiger partial charge is 0.416 e. The number of hydrogen-bond donors (Lipinski definition) is 0. The van der Waals surface area contributed by atoms with E-state index in [1.807, 2.05) is 6.92 Å². The van der Waals surface area contributed by atoms with Gasteiger partial charge in [0.15, 0.2) is 5.69 Å². The van der Waals surface area contributed by atoms with Crippen LogP contribution in [-0.4, -0.2) is 48.6 Å². The quantitative estimate of drug-likeness (QED) is 0.444. The summed E-state index contributed by atoms with van der Waals surface area (Å²) >= 11 is 1.17. The molecule has 2 aromatic rings. The molecule has 0 unspecified atom stereocenters. The molecule has 1 amide bonds. The van der Waals surface area contributed by atoms with Gasteiger partial charge in [0.25, 0.3) is 5.91 Å². The maximum atomic E-state index is 13.0. The third-order valence-electron chi connectivity index (χ3n) is 3.92. The molecule has 0 spiro atoms. The van der Waals surface area contributed by atoms with Crippen LogP contribution in [0.2, 0.25) is 0 Å². The minimum Gasteiger partial charge on any atom is -0.464 e. The van der Waals surface area contributed by atoms with Crippen molar-refractivity contribution >= 4 is 23.2 Å². The molecule has 0 N–H and O–H groups in total. The molecule has 0 radical (unpaired) electrons. The lowest BCUT2D eigenvalue weighted by molar-refractivity contribution is -0.137. The van der Waals surface area contributed by atoms with Crippen molar-refractivity contribution in [3.05, 3.63) is 51.5 Å². The lowest BCUT2D eigenvalue weighted by atomic mass is 10.1. The van der Waals surface area contributed by atoms with Gasteiger partial charge >= 0.3 is 12.1 Å². The second-order valence-corrected chi connectivity index (χ2v) is 6.92. The first-order chi connectivity index (χ1) is 13.8. The summed E-state index contributed by atoms with van der Waals surface area (Å²) in [6.45, 7) is 3.10. The molecule has 2 rings (SSSR count). The third-order valence-corrected chi connectivity index (χ3v) is 4.75. The normalized spacial score (nSPS) is 11.3. The van der Waals surface area contributed by atoms with Gasteiger partial charge < -0.3 is 14.4 Å². The average molecular weight is 430 g/mol. The summed E-state index contributed by atoms with van der Waals surface area (Å²) in [5.74, 6) is -1.15. The topological polar surface area (TPSA) is 68.7 Å². The Morgan fingerprint density at radius 3 is 2.69 bits per heavy atom. The minimum absolute atomic E-state index is 0.0584.